The Morgan fingerprint density at radius 3 is 2.54 bits per heavy atom. The van der Waals surface area contributed by atoms with Gasteiger partial charge in [0, 0.05) is 27.7 Å². The SMILES string of the molecule is CC1(C)CC(=O)C2=C(C1)Nc1ccccc1NC2c1cc(Cl)ccc1Cl. The van der Waals surface area contributed by atoms with Crippen molar-refractivity contribution in [3.63, 3.8) is 0 Å². The Labute approximate surface area is 163 Å². The smallest absolute Gasteiger partial charge is 0.163 e. The number of allylic oxidation sites excluding steroid dienone is 1. The molecule has 0 radical (unpaired) electrons. The van der Waals surface area contributed by atoms with Crippen molar-refractivity contribution in [1.29, 1.82) is 0 Å². The van der Waals surface area contributed by atoms with E-state index in [2.05, 4.69) is 24.5 Å². The third-order valence-corrected chi connectivity index (χ3v) is 5.57. The highest BCUT2D eigenvalue weighted by Gasteiger charge is 2.39. The van der Waals surface area contributed by atoms with E-state index >= 15 is 0 Å². The van der Waals surface area contributed by atoms with Crippen LogP contribution in [0.15, 0.2) is 53.7 Å². The standard InChI is InChI=1S/C21H20Cl2N2O/c1-21(2)10-17-19(18(26)11-21)20(13-9-12(22)7-8-14(13)23)25-16-6-4-3-5-15(16)24-17/h3-9,20,24-25H,10-11H2,1-2H3. The number of hydrogen-bond donors (Lipinski definition) is 2. The molecule has 0 saturated heterocycles. The van der Waals surface area contributed by atoms with Gasteiger partial charge in [0.1, 0.15) is 0 Å². The van der Waals surface area contributed by atoms with Gasteiger partial charge in [0.05, 0.1) is 17.4 Å². The van der Waals surface area contributed by atoms with Crippen molar-refractivity contribution >= 4 is 40.4 Å². The molecule has 0 fully saturated rings. The molecule has 1 aliphatic carbocycles. The highest BCUT2D eigenvalue weighted by Crippen LogP contribution is 2.46. The molecule has 2 aromatic rings. The average Bonchev–Trinajstić information content (AvgIpc) is 2.72. The van der Waals surface area contributed by atoms with Crippen molar-refractivity contribution in [3.8, 4) is 0 Å². The number of rotatable bonds is 1. The average molecular weight is 387 g/mol. The monoisotopic (exact) mass is 386 g/mol. The van der Waals surface area contributed by atoms with Crippen molar-refractivity contribution in [3.05, 3.63) is 69.3 Å². The van der Waals surface area contributed by atoms with Crippen LogP contribution in [-0.2, 0) is 4.79 Å². The summed E-state index contributed by atoms with van der Waals surface area (Å²) in [4.78, 5) is 13.1. The van der Waals surface area contributed by atoms with Gasteiger partial charge in [0.25, 0.3) is 0 Å². The molecular formula is C21H20Cl2N2O. The van der Waals surface area contributed by atoms with Crippen LogP contribution in [0.1, 0.15) is 38.3 Å². The van der Waals surface area contributed by atoms with Crippen molar-refractivity contribution in [2.24, 2.45) is 5.41 Å². The number of fused-ring (bicyclic) bond motifs is 1. The Hall–Kier alpha value is -1.97. The molecule has 26 heavy (non-hydrogen) atoms. The zero-order valence-corrected chi connectivity index (χ0v) is 16.2. The fourth-order valence-corrected chi connectivity index (χ4v) is 4.27. The first-order valence-corrected chi connectivity index (χ1v) is 9.43. The summed E-state index contributed by atoms with van der Waals surface area (Å²) in [5.74, 6) is 0.144. The van der Waals surface area contributed by atoms with Gasteiger partial charge in [0.15, 0.2) is 5.78 Å². The fourth-order valence-electron chi connectivity index (χ4n) is 3.86. The second kappa shape index (κ2) is 6.33. The Morgan fingerprint density at radius 1 is 1.04 bits per heavy atom. The summed E-state index contributed by atoms with van der Waals surface area (Å²) >= 11 is 12.7. The lowest BCUT2D eigenvalue weighted by Gasteiger charge is -2.34. The molecule has 0 saturated carbocycles. The van der Waals surface area contributed by atoms with Crippen molar-refractivity contribution in [2.75, 3.05) is 10.6 Å². The highest BCUT2D eigenvalue weighted by molar-refractivity contribution is 6.33. The minimum Gasteiger partial charge on any atom is -0.372 e. The number of ketones is 1. The molecule has 4 rings (SSSR count). The van der Waals surface area contributed by atoms with Gasteiger partial charge in [-0.15, -0.1) is 0 Å². The maximum Gasteiger partial charge on any atom is 0.163 e. The molecule has 1 unspecified atom stereocenters. The molecule has 0 aromatic heterocycles. The van der Waals surface area contributed by atoms with Crippen LogP contribution in [0.25, 0.3) is 0 Å². The van der Waals surface area contributed by atoms with Crippen LogP contribution in [0.2, 0.25) is 10.0 Å². The maximum atomic E-state index is 13.1. The van der Waals surface area contributed by atoms with Gasteiger partial charge in [0.2, 0.25) is 0 Å². The van der Waals surface area contributed by atoms with Gasteiger partial charge in [-0.25, -0.2) is 0 Å². The van der Waals surface area contributed by atoms with E-state index in [-0.39, 0.29) is 17.2 Å². The van der Waals surface area contributed by atoms with Crippen LogP contribution in [0, 0.1) is 5.41 Å². The molecule has 1 heterocycles. The minimum atomic E-state index is -0.337. The number of para-hydroxylation sites is 2. The van der Waals surface area contributed by atoms with Crippen LogP contribution in [0.3, 0.4) is 0 Å². The van der Waals surface area contributed by atoms with E-state index in [1.54, 1.807) is 12.1 Å². The van der Waals surface area contributed by atoms with Gasteiger partial charge >= 0.3 is 0 Å². The third kappa shape index (κ3) is 3.10. The lowest BCUT2D eigenvalue weighted by Crippen LogP contribution is -2.31. The van der Waals surface area contributed by atoms with Gasteiger partial charge in [-0.3, -0.25) is 4.79 Å². The van der Waals surface area contributed by atoms with Gasteiger partial charge in [-0.1, -0.05) is 49.2 Å². The molecular weight excluding hydrogens is 367 g/mol. The third-order valence-electron chi connectivity index (χ3n) is 4.99. The number of nitrogens with one attached hydrogen (secondary N) is 2. The number of carbonyl (C=O) groups is 1. The lowest BCUT2D eigenvalue weighted by atomic mass is 9.73. The topological polar surface area (TPSA) is 41.1 Å². The van der Waals surface area contributed by atoms with E-state index in [0.29, 0.717) is 16.5 Å². The van der Waals surface area contributed by atoms with E-state index in [4.69, 9.17) is 23.2 Å². The molecule has 134 valence electrons. The largest absolute Gasteiger partial charge is 0.372 e. The number of carbonyl (C=O) groups excluding carboxylic acids is 1. The number of hydrogen-bond acceptors (Lipinski definition) is 3. The Morgan fingerprint density at radius 2 is 1.77 bits per heavy atom. The summed E-state index contributed by atoms with van der Waals surface area (Å²) in [5.41, 5.74) is 4.36. The lowest BCUT2D eigenvalue weighted by molar-refractivity contribution is -0.118. The summed E-state index contributed by atoms with van der Waals surface area (Å²) < 4.78 is 0. The predicted molar refractivity (Wildman–Crippen MR) is 108 cm³/mol. The molecule has 3 nitrogen and oxygen atoms in total. The first-order chi connectivity index (χ1) is 12.3. The first-order valence-electron chi connectivity index (χ1n) is 8.68. The Kier molecular flexibility index (Phi) is 4.25. The van der Waals surface area contributed by atoms with Gasteiger partial charge < -0.3 is 10.6 Å². The normalized spacial score (nSPS) is 21.2. The molecule has 5 heteroatoms. The molecule has 0 spiro atoms. The summed E-state index contributed by atoms with van der Waals surface area (Å²) in [6.45, 7) is 4.25. The van der Waals surface area contributed by atoms with Crippen LogP contribution in [0.5, 0.6) is 0 Å². The minimum absolute atomic E-state index is 0.0785. The van der Waals surface area contributed by atoms with Crippen molar-refractivity contribution in [2.45, 2.75) is 32.7 Å². The summed E-state index contributed by atoms with van der Waals surface area (Å²) in [5, 5.41) is 8.21. The van der Waals surface area contributed by atoms with Crippen LogP contribution in [0.4, 0.5) is 11.4 Å². The molecule has 1 aliphatic heterocycles. The van der Waals surface area contributed by atoms with E-state index < -0.39 is 0 Å². The summed E-state index contributed by atoms with van der Waals surface area (Å²) in [6.07, 6.45) is 1.32. The second-order valence-electron chi connectivity index (χ2n) is 7.75. The van der Waals surface area contributed by atoms with Crippen molar-refractivity contribution < 1.29 is 4.79 Å². The quantitative estimate of drug-likeness (QED) is 0.611. The van der Waals surface area contributed by atoms with Crippen LogP contribution >= 0.6 is 23.2 Å². The number of halogens is 2. The Balaban J connectivity index is 1.93. The van der Waals surface area contributed by atoms with E-state index in [9.17, 15) is 4.79 Å². The molecule has 2 aromatic carbocycles. The molecule has 0 bridgehead atoms. The maximum absolute atomic E-state index is 13.1. The highest BCUT2D eigenvalue weighted by atomic mass is 35.5. The summed E-state index contributed by atoms with van der Waals surface area (Å²) in [6, 6.07) is 13.0. The van der Waals surface area contributed by atoms with E-state index in [1.165, 1.54) is 0 Å². The zero-order chi connectivity index (χ0) is 18.5. The summed E-state index contributed by atoms with van der Waals surface area (Å²) in [7, 11) is 0. The zero-order valence-electron chi connectivity index (χ0n) is 14.7. The second-order valence-corrected chi connectivity index (χ2v) is 8.59. The molecule has 2 N–H and O–H groups in total. The molecule has 0 amide bonds. The van der Waals surface area contributed by atoms with Crippen LogP contribution < -0.4 is 10.6 Å². The first kappa shape index (κ1) is 17.4. The van der Waals surface area contributed by atoms with Crippen molar-refractivity contribution in [1.82, 2.24) is 0 Å². The van der Waals surface area contributed by atoms with E-state index in [1.807, 2.05) is 30.3 Å². The fraction of sp³-hybridized carbons (Fsp3) is 0.286. The molecule has 2 aliphatic rings. The van der Waals surface area contributed by atoms with Gasteiger partial charge in [-0.05, 0) is 47.7 Å². The number of anilines is 2. The number of Topliss-reactive ketones (excluding diaryl/α,β-unsaturated/α-hetero) is 1. The Bertz CT molecular complexity index is 933. The van der Waals surface area contributed by atoms with Crippen LogP contribution in [-0.4, -0.2) is 5.78 Å². The predicted octanol–water partition coefficient (Wildman–Crippen LogP) is 6.22. The number of benzene rings is 2. The van der Waals surface area contributed by atoms with E-state index in [0.717, 1.165) is 34.6 Å². The van der Waals surface area contributed by atoms with Gasteiger partial charge in [-0.2, -0.15) is 0 Å². The molecule has 1 atom stereocenters.